The summed E-state index contributed by atoms with van der Waals surface area (Å²) in [5.41, 5.74) is 6.83. The third-order valence-corrected chi connectivity index (χ3v) is 1.76. The zero-order valence-corrected chi connectivity index (χ0v) is 6.90. The summed E-state index contributed by atoms with van der Waals surface area (Å²) in [4.78, 5) is 0. The van der Waals surface area contributed by atoms with Gasteiger partial charge in [0.15, 0.2) is 0 Å². The number of rotatable bonds is 3. The Morgan fingerprint density at radius 3 is 2.50 bits per heavy atom. The summed E-state index contributed by atoms with van der Waals surface area (Å²) in [7, 11) is 0. The highest BCUT2D eigenvalue weighted by atomic mass is 16.3. The van der Waals surface area contributed by atoms with Gasteiger partial charge >= 0.3 is 0 Å². The summed E-state index contributed by atoms with van der Waals surface area (Å²) in [6, 6.07) is 9.36. The lowest BCUT2D eigenvalue weighted by Gasteiger charge is -2.11. The first-order valence-corrected chi connectivity index (χ1v) is 3.86. The van der Waals surface area contributed by atoms with Gasteiger partial charge in [0.1, 0.15) is 6.10 Å². The fourth-order valence-electron chi connectivity index (χ4n) is 0.983. The zero-order chi connectivity index (χ0) is 8.97. The van der Waals surface area contributed by atoms with Crippen LogP contribution in [-0.2, 0) is 0 Å². The highest BCUT2D eigenvalue weighted by Gasteiger charge is 2.08. The Balaban J connectivity index is 2.78. The van der Waals surface area contributed by atoms with Crippen LogP contribution >= 0.6 is 0 Å². The van der Waals surface area contributed by atoms with Gasteiger partial charge in [0, 0.05) is 6.54 Å². The van der Waals surface area contributed by atoms with E-state index in [1.807, 2.05) is 30.3 Å². The Hall–Kier alpha value is -1.12. The second kappa shape index (κ2) is 4.04. The van der Waals surface area contributed by atoms with Crippen molar-refractivity contribution in [1.29, 1.82) is 0 Å². The summed E-state index contributed by atoms with van der Waals surface area (Å²) >= 11 is 0. The van der Waals surface area contributed by atoms with E-state index in [0.717, 1.165) is 5.56 Å². The Bertz CT molecular complexity index is 256. The zero-order valence-electron chi connectivity index (χ0n) is 6.90. The average Bonchev–Trinajstić information content (AvgIpc) is 2.17. The van der Waals surface area contributed by atoms with Crippen molar-refractivity contribution < 1.29 is 5.11 Å². The van der Waals surface area contributed by atoms with E-state index in [-0.39, 0.29) is 0 Å². The second-order valence-corrected chi connectivity index (χ2v) is 2.68. The minimum atomic E-state index is -0.629. The molecular formula is C10H13NO. The molecule has 2 nitrogen and oxygen atoms in total. The lowest BCUT2D eigenvalue weighted by atomic mass is 10.0. The van der Waals surface area contributed by atoms with Crippen LogP contribution in [0.3, 0.4) is 0 Å². The van der Waals surface area contributed by atoms with E-state index in [2.05, 4.69) is 6.58 Å². The molecule has 12 heavy (non-hydrogen) atoms. The van der Waals surface area contributed by atoms with Crippen LogP contribution in [0.2, 0.25) is 0 Å². The van der Waals surface area contributed by atoms with Gasteiger partial charge in [-0.05, 0) is 11.1 Å². The molecule has 0 spiro atoms. The molecule has 0 saturated carbocycles. The molecular weight excluding hydrogens is 150 g/mol. The highest BCUT2D eigenvalue weighted by molar-refractivity contribution is 5.24. The molecule has 0 amide bonds. The standard InChI is InChI=1S/C10H13NO/c1-8(7-11)10(12)9-5-3-2-4-6-9/h2-6,10,12H,1,7,11H2. The van der Waals surface area contributed by atoms with Crippen LogP contribution in [0.5, 0.6) is 0 Å². The smallest absolute Gasteiger partial charge is 0.101 e. The van der Waals surface area contributed by atoms with E-state index in [9.17, 15) is 5.11 Å². The number of aliphatic hydroxyl groups is 1. The number of hydrogen-bond donors (Lipinski definition) is 2. The van der Waals surface area contributed by atoms with E-state index in [1.165, 1.54) is 0 Å². The van der Waals surface area contributed by atoms with Crippen molar-refractivity contribution in [3.8, 4) is 0 Å². The van der Waals surface area contributed by atoms with Gasteiger partial charge in [0.25, 0.3) is 0 Å². The minimum absolute atomic E-state index is 0.316. The molecule has 0 aliphatic heterocycles. The van der Waals surface area contributed by atoms with Crippen LogP contribution in [0.4, 0.5) is 0 Å². The summed E-state index contributed by atoms with van der Waals surface area (Å²) < 4.78 is 0. The molecule has 0 aromatic heterocycles. The topological polar surface area (TPSA) is 46.2 Å². The molecule has 1 atom stereocenters. The van der Waals surface area contributed by atoms with Crippen molar-refractivity contribution in [2.45, 2.75) is 6.10 Å². The van der Waals surface area contributed by atoms with Crippen LogP contribution in [0.1, 0.15) is 11.7 Å². The predicted octanol–water partition coefficient (Wildman–Crippen LogP) is 1.23. The quantitative estimate of drug-likeness (QED) is 0.658. The molecule has 3 N–H and O–H groups in total. The highest BCUT2D eigenvalue weighted by Crippen LogP contribution is 2.18. The van der Waals surface area contributed by atoms with E-state index < -0.39 is 6.10 Å². The maximum atomic E-state index is 9.61. The summed E-state index contributed by atoms with van der Waals surface area (Å²) in [6.45, 7) is 3.99. The van der Waals surface area contributed by atoms with Crippen LogP contribution in [0.25, 0.3) is 0 Å². The van der Waals surface area contributed by atoms with Crippen LogP contribution in [-0.4, -0.2) is 11.7 Å². The molecule has 0 heterocycles. The summed E-state index contributed by atoms with van der Waals surface area (Å²) in [5.74, 6) is 0. The Morgan fingerprint density at radius 2 is 2.00 bits per heavy atom. The lowest BCUT2D eigenvalue weighted by Crippen LogP contribution is -2.10. The van der Waals surface area contributed by atoms with Crippen molar-refractivity contribution in [3.63, 3.8) is 0 Å². The Kier molecular flexibility index (Phi) is 3.02. The minimum Gasteiger partial charge on any atom is -0.384 e. The van der Waals surface area contributed by atoms with E-state index in [4.69, 9.17) is 5.73 Å². The number of aliphatic hydroxyl groups excluding tert-OH is 1. The van der Waals surface area contributed by atoms with Crippen molar-refractivity contribution in [1.82, 2.24) is 0 Å². The molecule has 0 radical (unpaired) electrons. The SMILES string of the molecule is C=C(CN)C(O)c1ccccc1. The van der Waals surface area contributed by atoms with E-state index >= 15 is 0 Å². The van der Waals surface area contributed by atoms with Crippen LogP contribution in [0.15, 0.2) is 42.5 Å². The van der Waals surface area contributed by atoms with Crippen molar-refractivity contribution in [3.05, 3.63) is 48.0 Å². The molecule has 64 valence electrons. The fraction of sp³-hybridized carbons (Fsp3) is 0.200. The molecule has 2 heteroatoms. The van der Waals surface area contributed by atoms with Crippen molar-refractivity contribution in [2.24, 2.45) is 5.73 Å². The summed E-state index contributed by atoms with van der Waals surface area (Å²) in [5, 5.41) is 9.61. The molecule has 0 bridgehead atoms. The maximum Gasteiger partial charge on any atom is 0.101 e. The first kappa shape index (κ1) is 8.97. The first-order chi connectivity index (χ1) is 5.75. The van der Waals surface area contributed by atoms with Gasteiger partial charge < -0.3 is 10.8 Å². The van der Waals surface area contributed by atoms with Gasteiger partial charge in [-0.25, -0.2) is 0 Å². The lowest BCUT2D eigenvalue weighted by molar-refractivity contribution is 0.214. The van der Waals surface area contributed by atoms with Gasteiger partial charge in [-0.3, -0.25) is 0 Å². The Labute approximate surface area is 72.3 Å². The van der Waals surface area contributed by atoms with Crippen molar-refractivity contribution in [2.75, 3.05) is 6.54 Å². The van der Waals surface area contributed by atoms with E-state index in [0.29, 0.717) is 12.1 Å². The first-order valence-electron chi connectivity index (χ1n) is 3.86. The van der Waals surface area contributed by atoms with Crippen LogP contribution in [0, 0.1) is 0 Å². The van der Waals surface area contributed by atoms with Gasteiger partial charge in [-0.15, -0.1) is 0 Å². The predicted molar refractivity (Wildman–Crippen MR) is 49.6 cm³/mol. The van der Waals surface area contributed by atoms with Crippen molar-refractivity contribution >= 4 is 0 Å². The third kappa shape index (κ3) is 1.94. The molecule has 0 fully saturated rings. The monoisotopic (exact) mass is 163 g/mol. The van der Waals surface area contributed by atoms with Crippen LogP contribution < -0.4 is 5.73 Å². The number of benzene rings is 1. The molecule has 0 aliphatic carbocycles. The maximum absolute atomic E-state index is 9.61. The fourth-order valence-corrected chi connectivity index (χ4v) is 0.983. The van der Waals surface area contributed by atoms with Gasteiger partial charge in [-0.2, -0.15) is 0 Å². The Morgan fingerprint density at radius 1 is 1.42 bits per heavy atom. The summed E-state index contributed by atoms with van der Waals surface area (Å²) in [6.07, 6.45) is -0.629. The number of nitrogens with two attached hydrogens (primary N) is 1. The van der Waals surface area contributed by atoms with Gasteiger partial charge in [-0.1, -0.05) is 36.9 Å². The average molecular weight is 163 g/mol. The third-order valence-electron chi connectivity index (χ3n) is 1.76. The molecule has 0 aliphatic rings. The second-order valence-electron chi connectivity index (χ2n) is 2.68. The molecule has 1 aromatic rings. The molecule has 1 aromatic carbocycles. The largest absolute Gasteiger partial charge is 0.384 e. The van der Waals surface area contributed by atoms with Gasteiger partial charge in [0.2, 0.25) is 0 Å². The molecule has 0 saturated heterocycles. The normalized spacial score (nSPS) is 12.5. The number of hydrogen-bond acceptors (Lipinski definition) is 2. The van der Waals surface area contributed by atoms with Gasteiger partial charge in [0.05, 0.1) is 0 Å². The van der Waals surface area contributed by atoms with E-state index in [1.54, 1.807) is 0 Å². The molecule has 1 unspecified atom stereocenters. The molecule has 1 rings (SSSR count).